The molecule has 17 heavy (non-hydrogen) atoms. The van der Waals surface area contributed by atoms with E-state index in [0.717, 1.165) is 0 Å². The highest BCUT2D eigenvalue weighted by Crippen LogP contribution is 2.17. The molecule has 6 nitrogen and oxygen atoms in total. The molecular weight excluding hydrogens is 240 g/mol. The Balaban J connectivity index is 2.90. The molecule has 1 rings (SSSR count). The SMILES string of the molecule is CN(CCS(C)(=O)=O)c1ncc(N)cc1C#N. The molecule has 0 unspecified atom stereocenters. The maximum Gasteiger partial charge on any atom is 0.149 e. The Morgan fingerprint density at radius 3 is 2.76 bits per heavy atom. The van der Waals surface area contributed by atoms with Crippen molar-refractivity contribution in [2.45, 2.75) is 0 Å². The van der Waals surface area contributed by atoms with Gasteiger partial charge in [-0.25, -0.2) is 13.4 Å². The molecule has 0 amide bonds. The highest BCUT2D eigenvalue weighted by atomic mass is 32.2. The van der Waals surface area contributed by atoms with E-state index >= 15 is 0 Å². The van der Waals surface area contributed by atoms with Crippen molar-refractivity contribution in [1.82, 2.24) is 4.98 Å². The van der Waals surface area contributed by atoms with Crippen molar-refractivity contribution in [2.24, 2.45) is 0 Å². The van der Waals surface area contributed by atoms with E-state index in [4.69, 9.17) is 11.0 Å². The quantitative estimate of drug-likeness (QED) is 0.812. The van der Waals surface area contributed by atoms with E-state index in [0.29, 0.717) is 17.1 Å². The molecule has 2 N–H and O–H groups in total. The number of hydrogen-bond donors (Lipinski definition) is 1. The van der Waals surface area contributed by atoms with Crippen LogP contribution in [-0.4, -0.2) is 39.0 Å². The lowest BCUT2D eigenvalue weighted by atomic mass is 10.2. The van der Waals surface area contributed by atoms with Gasteiger partial charge in [0.1, 0.15) is 21.7 Å². The maximum atomic E-state index is 11.0. The molecule has 1 heterocycles. The second-order valence-electron chi connectivity index (χ2n) is 3.80. The second-order valence-corrected chi connectivity index (χ2v) is 6.06. The molecule has 0 saturated carbocycles. The van der Waals surface area contributed by atoms with E-state index in [1.165, 1.54) is 18.5 Å². The van der Waals surface area contributed by atoms with Gasteiger partial charge in [0, 0.05) is 19.8 Å². The van der Waals surface area contributed by atoms with Crippen LogP contribution in [0.25, 0.3) is 0 Å². The van der Waals surface area contributed by atoms with Crippen LogP contribution in [0.3, 0.4) is 0 Å². The number of anilines is 2. The molecule has 1 aromatic rings. The van der Waals surface area contributed by atoms with Gasteiger partial charge in [-0.2, -0.15) is 5.26 Å². The number of aromatic nitrogens is 1. The van der Waals surface area contributed by atoms with Crippen molar-refractivity contribution < 1.29 is 8.42 Å². The third-order valence-corrected chi connectivity index (χ3v) is 3.09. The Morgan fingerprint density at radius 1 is 1.59 bits per heavy atom. The van der Waals surface area contributed by atoms with Gasteiger partial charge in [-0.05, 0) is 6.07 Å². The lowest BCUT2D eigenvalue weighted by Crippen LogP contribution is -2.26. The Labute approximate surface area is 101 Å². The summed E-state index contributed by atoms with van der Waals surface area (Å²) in [5.74, 6) is 0.450. The number of nitrogens with zero attached hydrogens (tertiary/aromatic N) is 3. The molecule has 1 aromatic heterocycles. The van der Waals surface area contributed by atoms with Gasteiger partial charge in [-0.3, -0.25) is 0 Å². The van der Waals surface area contributed by atoms with Crippen molar-refractivity contribution in [1.29, 1.82) is 5.26 Å². The van der Waals surface area contributed by atoms with E-state index < -0.39 is 9.84 Å². The molecule has 0 bridgehead atoms. The first-order chi connectivity index (χ1) is 7.83. The molecule has 0 aliphatic heterocycles. The molecule has 0 spiro atoms. The number of nitriles is 1. The van der Waals surface area contributed by atoms with E-state index in [9.17, 15) is 8.42 Å². The fourth-order valence-electron chi connectivity index (χ4n) is 1.27. The number of hydrogen-bond acceptors (Lipinski definition) is 6. The van der Waals surface area contributed by atoms with Crippen LogP contribution in [0.1, 0.15) is 5.56 Å². The summed E-state index contributed by atoms with van der Waals surface area (Å²) in [5.41, 5.74) is 6.26. The van der Waals surface area contributed by atoms with Gasteiger partial charge in [0.2, 0.25) is 0 Å². The fraction of sp³-hybridized carbons (Fsp3) is 0.400. The molecule has 0 aliphatic rings. The number of nitrogens with two attached hydrogens (primary N) is 1. The molecule has 0 fully saturated rings. The van der Waals surface area contributed by atoms with Gasteiger partial charge in [0.15, 0.2) is 0 Å². The summed E-state index contributed by atoms with van der Waals surface area (Å²) >= 11 is 0. The topological polar surface area (TPSA) is 100 Å². The maximum absolute atomic E-state index is 11.0. The minimum absolute atomic E-state index is 0.0143. The Kier molecular flexibility index (Phi) is 3.91. The van der Waals surface area contributed by atoms with Crippen LogP contribution in [0.4, 0.5) is 11.5 Å². The second kappa shape index (κ2) is 5.01. The van der Waals surface area contributed by atoms with Crippen molar-refractivity contribution >= 4 is 21.3 Å². The van der Waals surface area contributed by atoms with Gasteiger partial charge in [-0.15, -0.1) is 0 Å². The van der Waals surface area contributed by atoms with Gasteiger partial charge >= 0.3 is 0 Å². The first kappa shape index (κ1) is 13.3. The standard InChI is InChI=1S/C10H14N4O2S/c1-14(3-4-17(2,15)16)10-8(6-11)5-9(12)7-13-10/h5,7H,3-4,12H2,1-2H3. The zero-order valence-electron chi connectivity index (χ0n) is 9.71. The predicted molar refractivity (Wildman–Crippen MR) is 66.3 cm³/mol. The third kappa shape index (κ3) is 3.92. The largest absolute Gasteiger partial charge is 0.397 e. The Bertz CT molecular complexity index is 548. The summed E-state index contributed by atoms with van der Waals surface area (Å²) in [7, 11) is -1.35. The summed E-state index contributed by atoms with van der Waals surface area (Å²) in [5, 5.41) is 8.93. The van der Waals surface area contributed by atoms with Crippen LogP contribution in [0, 0.1) is 11.3 Å². The lowest BCUT2D eigenvalue weighted by molar-refractivity contribution is 0.601. The predicted octanol–water partition coefficient (Wildman–Crippen LogP) is 0.0163. The average Bonchev–Trinajstić information content (AvgIpc) is 2.24. The van der Waals surface area contributed by atoms with Crippen LogP contribution in [0.5, 0.6) is 0 Å². The molecular formula is C10H14N4O2S. The van der Waals surface area contributed by atoms with E-state index in [2.05, 4.69) is 4.98 Å². The smallest absolute Gasteiger partial charge is 0.149 e. The summed E-state index contributed by atoms with van der Waals surface area (Å²) in [6.07, 6.45) is 2.61. The summed E-state index contributed by atoms with van der Waals surface area (Å²) in [6.45, 7) is 0.282. The monoisotopic (exact) mass is 254 g/mol. The van der Waals surface area contributed by atoms with Gasteiger partial charge in [0.25, 0.3) is 0 Å². The first-order valence-electron chi connectivity index (χ1n) is 4.88. The minimum Gasteiger partial charge on any atom is -0.397 e. The highest BCUT2D eigenvalue weighted by Gasteiger charge is 2.11. The van der Waals surface area contributed by atoms with Crippen molar-refractivity contribution in [2.75, 3.05) is 36.2 Å². The average molecular weight is 254 g/mol. The lowest BCUT2D eigenvalue weighted by Gasteiger charge is -2.18. The van der Waals surface area contributed by atoms with Crippen LogP contribution in [-0.2, 0) is 9.84 Å². The third-order valence-electron chi connectivity index (χ3n) is 2.17. The summed E-state index contributed by atoms with van der Waals surface area (Å²) in [4.78, 5) is 5.66. The highest BCUT2D eigenvalue weighted by molar-refractivity contribution is 7.90. The number of sulfone groups is 1. The van der Waals surface area contributed by atoms with Crippen molar-refractivity contribution in [3.8, 4) is 6.07 Å². The Hall–Kier alpha value is -1.81. The number of rotatable bonds is 4. The summed E-state index contributed by atoms with van der Waals surface area (Å²) < 4.78 is 22.1. The zero-order valence-corrected chi connectivity index (χ0v) is 10.5. The molecule has 92 valence electrons. The van der Waals surface area contributed by atoms with Gasteiger partial charge in [0.05, 0.1) is 23.2 Å². The molecule has 0 saturated heterocycles. The minimum atomic E-state index is -3.03. The van der Waals surface area contributed by atoms with Crippen LogP contribution in [0.15, 0.2) is 12.3 Å². The first-order valence-corrected chi connectivity index (χ1v) is 6.94. The van der Waals surface area contributed by atoms with Crippen LogP contribution < -0.4 is 10.6 Å². The number of pyridine rings is 1. The van der Waals surface area contributed by atoms with Crippen molar-refractivity contribution in [3.05, 3.63) is 17.8 Å². The molecule has 0 aromatic carbocycles. The van der Waals surface area contributed by atoms with Gasteiger partial charge < -0.3 is 10.6 Å². The zero-order chi connectivity index (χ0) is 13.1. The van der Waals surface area contributed by atoms with Crippen LogP contribution in [0.2, 0.25) is 0 Å². The normalized spacial score (nSPS) is 10.9. The fourth-order valence-corrected chi connectivity index (χ4v) is 1.87. The molecule has 7 heteroatoms. The van der Waals surface area contributed by atoms with Gasteiger partial charge in [-0.1, -0.05) is 0 Å². The Morgan fingerprint density at radius 2 is 2.24 bits per heavy atom. The van der Waals surface area contributed by atoms with Crippen LogP contribution >= 0.6 is 0 Å². The van der Waals surface area contributed by atoms with E-state index in [1.54, 1.807) is 11.9 Å². The number of nitrogen functional groups attached to an aromatic ring is 1. The molecule has 0 radical (unpaired) electrons. The van der Waals surface area contributed by atoms with E-state index in [-0.39, 0.29) is 12.3 Å². The molecule has 0 atom stereocenters. The van der Waals surface area contributed by atoms with E-state index in [1.807, 2.05) is 6.07 Å². The molecule has 0 aliphatic carbocycles. The summed E-state index contributed by atoms with van der Waals surface area (Å²) in [6, 6.07) is 3.49. The van der Waals surface area contributed by atoms with Crippen molar-refractivity contribution in [3.63, 3.8) is 0 Å².